The SMILES string of the molecule is CC(C)(NC(=O)[C@@H]1CN[C@H](CO[Si](c2ccccc2)(c2ccccc2)C(C)(C)C)CO1)c1ccc(Cl)c(Cl)c1. The number of hydrogen-bond donors (Lipinski definition) is 2. The summed E-state index contributed by atoms with van der Waals surface area (Å²) < 4.78 is 13.1. The highest BCUT2D eigenvalue weighted by molar-refractivity contribution is 6.99. The second-order valence-corrected chi connectivity index (χ2v) is 16.8. The predicted molar refractivity (Wildman–Crippen MR) is 163 cm³/mol. The van der Waals surface area contributed by atoms with E-state index >= 15 is 0 Å². The minimum atomic E-state index is -2.65. The van der Waals surface area contributed by atoms with Gasteiger partial charge in [0.2, 0.25) is 0 Å². The maximum absolute atomic E-state index is 13.1. The third-order valence-electron chi connectivity index (χ3n) is 7.38. The van der Waals surface area contributed by atoms with Gasteiger partial charge in [0.05, 0.1) is 34.8 Å². The molecule has 0 aliphatic carbocycles. The summed E-state index contributed by atoms with van der Waals surface area (Å²) in [6.45, 7) is 11.9. The van der Waals surface area contributed by atoms with Crippen LogP contribution in [0.5, 0.6) is 0 Å². The van der Waals surface area contributed by atoms with Gasteiger partial charge in [-0.1, -0.05) is 111 Å². The Balaban J connectivity index is 1.43. The van der Waals surface area contributed by atoms with Crippen LogP contribution in [-0.2, 0) is 19.5 Å². The van der Waals surface area contributed by atoms with Crippen LogP contribution in [-0.4, -0.2) is 46.1 Å². The standard InChI is InChI=1S/C31H38Cl2N2O3Si/c1-30(2,3)39(24-12-8-6-9-13-24,25-14-10-7-11-15-25)38-21-23-20-37-28(19-34-23)29(36)35-31(4,5)22-16-17-26(32)27(33)18-22/h6-18,23,28,34H,19-21H2,1-5H3,(H,35,36)/t23-,28-/m0/s1. The van der Waals surface area contributed by atoms with Crippen molar-refractivity contribution in [3.63, 3.8) is 0 Å². The van der Waals surface area contributed by atoms with Crippen molar-refractivity contribution >= 4 is 47.8 Å². The molecule has 2 atom stereocenters. The van der Waals surface area contributed by atoms with Gasteiger partial charge >= 0.3 is 0 Å². The van der Waals surface area contributed by atoms with Crippen LogP contribution in [0, 0.1) is 0 Å². The first kappa shape index (κ1) is 29.8. The first-order chi connectivity index (χ1) is 18.4. The number of carbonyl (C=O) groups is 1. The molecule has 4 rings (SSSR count). The maximum Gasteiger partial charge on any atom is 0.261 e. The average molecular weight is 586 g/mol. The number of carbonyl (C=O) groups excluding carboxylic acids is 1. The summed E-state index contributed by atoms with van der Waals surface area (Å²) in [7, 11) is -2.65. The van der Waals surface area contributed by atoms with Gasteiger partial charge < -0.3 is 19.8 Å². The molecular weight excluding hydrogens is 547 g/mol. The maximum atomic E-state index is 13.1. The number of benzene rings is 3. The van der Waals surface area contributed by atoms with Crippen LogP contribution in [0.25, 0.3) is 0 Å². The molecule has 3 aromatic carbocycles. The molecule has 0 aromatic heterocycles. The molecule has 39 heavy (non-hydrogen) atoms. The van der Waals surface area contributed by atoms with Crippen LogP contribution in [0.2, 0.25) is 15.1 Å². The van der Waals surface area contributed by atoms with E-state index in [4.69, 9.17) is 32.4 Å². The smallest absolute Gasteiger partial charge is 0.261 e. The van der Waals surface area contributed by atoms with Gasteiger partial charge in [-0.3, -0.25) is 4.79 Å². The number of halogens is 2. The van der Waals surface area contributed by atoms with Crippen molar-refractivity contribution < 1.29 is 14.0 Å². The van der Waals surface area contributed by atoms with Gasteiger partial charge in [0, 0.05) is 6.54 Å². The van der Waals surface area contributed by atoms with Crippen LogP contribution >= 0.6 is 23.2 Å². The molecule has 208 valence electrons. The lowest BCUT2D eigenvalue weighted by molar-refractivity contribution is -0.137. The number of amides is 1. The van der Waals surface area contributed by atoms with Crippen LogP contribution in [0.3, 0.4) is 0 Å². The van der Waals surface area contributed by atoms with Crippen molar-refractivity contribution in [2.75, 3.05) is 19.8 Å². The van der Waals surface area contributed by atoms with Crippen molar-refractivity contribution in [3.8, 4) is 0 Å². The lowest BCUT2D eigenvalue weighted by Crippen LogP contribution is -2.68. The Kier molecular flexibility index (Phi) is 9.26. The molecule has 1 heterocycles. The van der Waals surface area contributed by atoms with Gasteiger partial charge in [-0.2, -0.15) is 0 Å². The number of hydrogen-bond acceptors (Lipinski definition) is 4. The van der Waals surface area contributed by atoms with Gasteiger partial charge in [0.25, 0.3) is 14.2 Å². The highest BCUT2D eigenvalue weighted by Crippen LogP contribution is 2.37. The summed E-state index contributed by atoms with van der Waals surface area (Å²) in [5.41, 5.74) is 0.225. The molecule has 0 radical (unpaired) electrons. The quantitative estimate of drug-likeness (QED) is 0.354. The van der Waals surface area contributed by atoms with Crippen molar-refractivity contribution in [1.82, 2.24) is 10.6 Å². The van der Waals surface area contributed by atoms with E-state index in [1.807, 2.05) is 32.0 Å². The van der Waals surface area contributed by atoms with Gasteiger partial charge in [-0.05, 0) is 47.0 Å². The van der Waals surface area contributed by atoms with E-state index in [1.54, 1.807) is 12.1 Å². The van der Waals surface area contributed by atoms with Crippen molar-refractivity contribution in [1.29, 1.82) is 0 Å². The number of nitrogens with one attached hydrogen (secondary N) is 2. The molecule has 1 aliphatic rings. The van der Waals surface area contributed by atoms with E-state index < -0.39 is 20.0 Å². The Morgan fingerprint density at radius 1 is 0.949 bits per heavy atom. The molecule has 3 aromatic rings. The molecule has 1 fully saturated rings. The second kappa shape index (κ2) is 12.1. The van der Waals surface area contributed by atoms with E-state index in [9.17, 15) is 4.79 Å². The van der Waals surface area contributed by atoms with E-state index in [1.165, 1.54) is 10.4 Å². The van der Waals surface area contributed by atoms with E-state index in [2.05, 4.69) is 79.9 Å². The third kappa shape index (κ3) is 6.59. The zero-order chi connectivity index (χ0) is 28.3. The molecule has 1 saturated heterocycles. The fraction of sp³-hybridized carbons (Fsp3) is 0.387. The largest absolute Gasteiger partial charge is 0.406 e. The molecular formula is C31H38Cl2N2O3Si. The molecule has 0 spiro atoms. The lowest BCUT2D eigenvalue weighted by Gasteiger charge is -2.44. The minimum absolute atomic E-state index is 0.0289. The van der Waals surface area contributed by atoms with Crippen molar-refractivity contribution in [2.24, 2.45) is 0 Å². The van der Waals surface area contributed by atoms with Gasteiger partial charge in [0.15, 0.2) is 0 Å². The fourth-order valence-electron chi connectivity index (χ4n) is 5.23. The van der Waals surface area contributed by atoms with Gasteiger partial charge in [-0.25, -0.2) is 0 Å². The van der Waals surface area contributed by atoms with Crippen molar-refractivity contribution in [3.05, 3.63) is 94.5 Å². The van der Waals surface area contributed by atoms with Crippen LogP contribution in [0.1, 0.15) is 40.2 Å². The first-order valence-electron chi connectivity index (χ1n) is 13.3. The fourth-order valence-corrected chi connectivity index (χ4v) is 10.1. The third-order valence-corrected chi connectivity index (χ3v) is 13.1. The monoisotopic (exact) mass is 584 g/mol. The zero-order valence-corrected chi connectivity index (χ0v) is 25.8. The zero-order valence-electron chi connectivity index (χ0n) is 23.3. The second-order valence-electron chi connectivity index (χ2n) is 11.6. The summed E-state index contributed by atoms with van der Waals surface area (Å²) in [4.78, 5) is 13.1. The van der Waals surface area contributed by atoms with Gasteiger partial charge in [-0.15, -0.1) is 0 Å². The number of rotatable bonds is 8. The normalized spacial score (nSPS) is 18.5. The van der Waals surface area contributed by atoms with E-state index in [-0.39, 0.29) is 17.0 Å². The molecule has 1 amide bonds. The molecule has 1 aliphatic heterocycles. The topological polar surface area (TPSA) is 59.6 Å². The Morgan fingerprint density at radius 2 is 1.54 bits per heavy atom. The summed E-state index contributed by atoms with van der Waals surface area (Å²) in [5.74, 6) is -0.176. The highest BCUT2D eigenvalue weighted by Gasteiger charge is 2.50. The highest BCUT2D eigenvalue weighted by atomic mass is 35.5. The summed E-state index contributed by atoms with van der Waals surface area (Å²) in [6, 6.07) is 26.5. The van der Waals surface area contributed by atoms with E-state index in [0.717, 1.165) is 5.56 Å². The van der Waals surface area contributed by atoms with Crippen LogP contribution < -0.4 is 21.0 Å². The molecule has 8 heteroatoms. The number of ether oxygens (including phenoxy) is 1. The average Bonchev–Trinajstić information content (AvgIpc) is 2.91. The Labute approximate surface area is 243 Å². The van der Waals surface area contributed by atoms with Crippen LogP contribution in [0.15, 0.2) is 78.9 Å². The molecule has 2 N–H and O–H groups in total. The molecule has 0 bridgehead atoms. The Bertz CT molecular complexity index is 1220. The predicted octanol–water partition coefficient (Wildman–Crippen LogP) is 5.28. The Morgan fingerprint density at radius 3 is 2.03 bits per heavy atom. The number of morpholine rings is 1. The molecule has 5 nitrogen and oxygen atoms in total. The summed E-state index contributed by atoms with van der Waals surface area (Å²) >= 11 is 12.3. The summed E-state index contributed by atoms with van der Waals surface area (Å²) in [6.07, 6.45) is -0.601. The molecule has 0 saturated carbocycles. The Hall–Kier alpha value is -2.19. The van der Waals surface area contributed by atoms with Crippen molar-refractivity contribution in [2.45, 2.75) is 57.3 Å². The van der Waals surface area contributed by atoms with Gasteiger partial charge in [0.1, 0.15) is 6.10 Å². The van der Waals surface area contributed by atoms with Crippen LogP contribution in [0.4, 0.5) is 0 Å². The lowest BCUT2D eigenvalue weighted by atomic mass is 9.94. The first-order valence-corrected chi connectivity index (χ1v) is 16.0. The van der Waals surface area contributed by atoms with E-state index in [0.29, 0.717) is 29.8 Å². The summed E-state index contributed by atoms with van der Waals surface area (Å²) in [5, 5.41) is 9.89. The minimum Gasteiger partial charge on any atom is -0.406 e. The molecule has 0 unspecified atom stereocenters.